The van der Waals surface area contributed by atoms with Crippen LogP contribution in [0.5, 0.6) is 0 Å². The second-order valence-electron chi connectivity index (χ2n) is 4.54. The molecule has 0 saturated carbocycles. The van der Waals surface area contributed by atoms with Gasteiger partial charge in [-0.05, 0) is 12.8 Å². The van der Waals surface area contributed by atoms with Gasteiger partial charge in [0.25, 0.3) is 0 Å². The normalized spacial score (nSPS) is 17.4. The minimum absolute atomic E-state index is 0.0353. The average molecular weight is 272 g/mol. The van der Waals surface area contributed by atoms with Crippen LogP contribution in [0, 0.1) is 5.92 Å². The lowest BCUT2D eigenvalue weighted by Gasteiger charge is -2.32. The molecule has 0 aromatic carbocycles. The van der Waals surface area contributed by atoms with Crippen LogP contribution in [-0.4, -0.2) is 40.3 Å². The Hall–Kier alpha value is -0.180. The van der Waals surface area contributed by atoms with E-state index < -0.39 is 30.5 Å². The van der Waals surface area contributed by atoms with E-state index in [1.807, 2.05) is 13.8 Å². The van der Waals surface area contributed by atoms with E-state index in [4.69, 9.17) is 5.73 Å². The quantitative estimate of drug-likeness (QED) is 0.664. The maximum atomic E-state index is 11.6. The number of sulfone groups is 1. The number of hydrogen-bond acceptors (Lipinski definition) is 5. The minimum atomic E-state index is -3.87. The van der Waals surface area contributed by atoms with E-state index in [-0.39, 0.29) is 12.5 Å². The zero-order chi connectivity index (χ0) is 13.2. The van der Waals surface area contributed by atoms with Crippen molar-refractivity contribution in [3.8, 4) is 0 Å². The van der Waals surface area contributed by atoms with Gasteiger partial charge in [0.05, 0.1) is 0 Å². The molecule has 6 nitrogen and oxygen atoms in total. The molecule has 16 heavy (non-hydrogen) atoms. The van der Waals surface area contributed by atoms with Gasteiger partial charge in [-0.3, -0.25) is 0 Å². The smallest absolute Gasteiger partial charge is 0.226 e. The molecule has 0 aromatic heterocycles. The largest absolute Gasteiger partial charge is 0.329 e. The molecule has 0 aliphatic heterocycles. The molecule has 0 bridgehead atoms. The van der Waals surface area contributed by atoms with E-state index in [0.29, 0.717) is 0 Å². The summed E-state index contributed by atoms with van der Waals surface area (Å²) in [6, 6.07) is 0. The summed E-state index contributed by atoms with van der Waals surface area (Å²) in [7, 11) is -7.45. The molecule has 0 spiro atoms. The van der Waals surface area contributed by atoms with Crippen molar-refractivity contribution >= 4 is 19.9 Å². The van der Waals surface area contributed by atoms with E-state index in [0.717, 1.165) is 6.26 Å². The predicted octanol–water partition coefficient (Wildman–Crippen LogP) is -0.719. The Balaban J connectivity index is 4.97. The molecule has 0 amide bonds. The van der Waals surface area contributed by atoms with Crippen LogP contribution < -0.4 is 10.5 Å². The van der Waals surface area contributed by atoms with Crippen molar-refractivity contribution in [1.29, 1.82) is 0 Å². The number of nitrogens with one attached hydrogen (secondary N) is 1. The van der Waals surface area contributed by atoms with Gasteiger partial charge in [0.2, 0.25) is 10.0 Å². The first-order chi connectivity index (χ1) is 6.92. The lowest BCUT2D eigenvalue weighted by atomic mass is 9.90. The number of sulfonamides is 1. The van der Waals surface area contributed by atoms with Crippen molar-refractivity contribution in [3.63, 3.8) is 0 Å². The number of hydrogen-bond donors (Lipinski definition) is 2. The average Bonchev–Trinajstić information content (AvgIpc) is 1.97. The molecule has 1 atom stereocenters. The van der Waals surface area contributed by atoms with Gasteiger partial charge in [0, 0.05) is 18.3 Å². The van der Waals surface area contributed by atoms with Gasteiger partial charge in [-0.25, -0.2) is 21.6 Å². The summed E-state index contributed by atoms with van der Waals surface area (Å²) in [6.45, 7) is 5.39. The molecule has 0 fully saturated rings. The highest BCUT2D eigenvalue weighted by molar-refractivity contribution is 8.06. The predicted molar refractivity (Wildman–Crippen MR) is 64.1 cm³/mol. The standard InChI is InChI=1S/C8H20N2O4S2/c1-7(2)8(3,5-9)10-16(13,14)6-15(4,11)12/h7,10H,5-6,9H2,1-4H3. The van der Waals surface area contributed by atoms with Crippen LogP contribution in [0.1, 0.15) is 20.8 Å². The fourth-order valence-electron chi connectivity index (χ4n) is 1.06. The minimum Gasteiger partial charge on any atom is -0.329 e. The molecule has 0 aromatic rings. The van der Waals surface area contributed by atoms with Gasteiger partial charge < -0.3 is 5.73 Å². The fourth-order valence-corrected chi connectivity index (χ4v) is 4.58. The Labute approximate surface area is 97.6 Å². The fraction of sp³-hybridized carbons (Fsp3) is 1.00. The molecule has 0 aliphatic rings. The lowest BCUT2D eigenvalue weighted by molar-refractivity contribution is 0.315. The summed E-state index contributed by atoms with van der Waals surface area (Å²) < 4.78 is 47.4. The Morgan fingerprint density at radius 1 is 1.25 bits per heavy atom. The van der Waals surface area contributed by atoms with Crippen molar-refractivity contribution in [2.75, 3.05) is 17.9 Å². The van der Waals surface area contributed by atoms with Crippen molar-refractivity contribution in [1.82, 2.24) is 4.72 Å². The van der Waals surface area contributed by atoms with Crippen LogP contribution in [0.15, 0.2) is 0 Å². The summed E-state index contributed by atoms with van der Waals surface area (Å²) in [5.74, 6) is -0.0353. The topological polar surface area (TPSA) is 106 Å². The van der Waals surface area contributed by atoms with Gasteiger partial charge in [0.1, 0.15) is 0 Å². The van der Waals surface area contributed by atoms with Crippen molar-refractivity contribution in [3.05, 3.63) is 0 Å². The molecule has 0 heterocycles. The summed E-state index contributed by atoms with van der Waals surface area (Å²) in [6.07, 6.45) is 0.876. The van der Waals surface area contributed by atoms with Crippen LogP contribution in [0.25, 0.3) is 0 Å². The molecule has 98 valence electrons. The molecule has 0 rings (SSSR count). The molecule has 0 aliphatic carbocycles. The molecule has 1 unspecified atom stereocenters. The Kier molecular flexibility index (Phi) is 4.93. The van der Waals surface area contributed by atoms with E-state index >= 15 is 0 Å². The van der Waals surface area contributed by atoms with E-state index in [2.05, 4.69) is 4.72 Å². The summed E-state index contributed by atoms with van der Waals surface area (Å²) in [5.41, 5.74) is 4.67. The third kappa shape index (κ3) is 5.24. The Morgan fingerprint density at radius 3 is 1.94 bits per heavy atom. The molecule has 3 N–H and O–H groups in total. The maximum Gasteiger partial charge on any atom is 0.226 e. The van der Waals surface area contributed by atoms with Gasteiger partial charge in [0.15, 0.2) is 14.9 Å². The molecule has 0 saturated heterocycles. The second kappa shape index (κ2) is 4.99. The van der Waals surface area contributed by atoms with Gasteiger partial charge in [-0.15, -0.1) is 0 Å². The van der Waals surface area contributed by atoms with E-state index in [9.17, 15) is 16.8 Å². The Bertz CT molecular complexity index is 427. The SMILES string of the molecule is CC(C)C(C)(CN)NS(=O)(=O)CS(C)(=O)=O. The van der Waals surface area contributed by atoms with E-state index in [1.54, 1.807) is 6.92 Å². The second-order valence-corrected chi connectivity index (χ2v) is 8.76. The highest BCUT2D eigenvalue weighted by atomic mass is 32.3. The van der Waals surface area contributed by atoms with Crippen LogP contribution in [0.2, 0.25) is 0 Å². The zero-order valence-electron chi connectivity index (χ0n) is 10.0. The van der Waals surface area contributed by atoms with Crippen LogP contribution in [0.3, 0.4) is 0 Å². The van der Waals surface area contributed by atoms with Crippen molar-refractivity contribution in [2.24, 2.45) is 11.7 Å². The lowest BCUT2D eigenvalue weighted by Crippen LogP contribution is -2.55. The van der Waals surface area contributed by atoms with Gasteiger partial charge in [-0.2, -0.15) is 0 Å². The van der Waals surface area contributed by atoms with Crippen LogP contribution in [0.4, 0.5) is 0 Å². The number of nitrogens with two attached hydrogens (primary N) is 1. The first-order valence-electron chi connectivity index (χ1n) is 4.81. The summed E-state index contributed by atoms with van der Waals surface area (Å²) in [4.78, 5) is 0. The van der Waals surface area contributed by atoms with Crippen molar-refractivity contribution in [2.45, 2.75) is 26.3 Å². The third-order valence-electron chi connectivity index (χ3n) is 2.46. The van der Waals surface area contributed by atoms with Crippen molar-refractivity contribution < 1.29 is 16.8 Å². The highest BCUT2D eigenvalue weighted by Gasteiger charge is 2.33. The molecular weight excluding hydrogens is 252 g/mol. The number of rotatable bonds is 6. The summed E-state index contributed by atoms with van der Waals surface area (Å²) in [5, 5.41) is -0.914. The van der Waals surface area contributed by atoms with Crippen LogP contribution in [-0.2, 0) is 19.9 Å². The first kappa shape index (κ1) is 15.8. The maximum absolute atomic E-state index is 11.6. The zero-order valence-corrected chi connectivity index (χ0v) is 11.7. The Morgan fingerprint density at radius 2 is 1.69 bits per heavy atom. The highest BCUT2D eigenvalue weighted by Crippen LogP contribution is 2.16. The third-order valence-corrected chi connectivity index (χ3v) is 6.19. The molecular formula is C8H20N2O4S2. The molecule has 8 heteroatoms. The van der Waals surface area contributed by atoms with E-state index in [1.165, 1.54) is 0 Å². The monoisotopic (exact) mass is 272 g/mol. The van der Waals surface area contributed by atoms with Gasteiger partial charge >= 0.3 is 0 Å². The van der Waals surface area contributed by atoms with Gasteiger partial charge in [-0.1, -0.05) is 13.8 Å². The molecule has 0 radical (unpaired) electrons. The van der Waals surface area contributed by atoms with Crippen LogP contribution >= 0.6 is 0 Å². The summed E-state index contributed by atoms with van der Waals surface area (Å²) >= 11 is 0. The first-order valence-corrected chi connectivity index (χ1v) is 8.52.